The van der Waals surface area contributed by atoms with E-state index in [1.54, 1.807) is 0 Å². The van der Waals surface area contributed by atoms with E-state index in [1.165, 1.54) is 24.0 Å². The minimum absolute atomic E-state index is 0.610. The maximum Gasteiger partial charge on any atom is 0.0621 e. The minimum Gasteiger partial charge on any atom is -0.398 e. The summed E-state index contributed by atoms with van der Waals surface area (Å²) in [6.07, 6.45) is 3.56. The van der Waals surface area contributed by atoms with Crippen LogP contribution in [-0.4, -0.2) is 30.7 Å². The van der Waals surface area contributed by atoms with Crippen LogP contribution >= 0.6 is 0 Å². The number of nitrogens with zero attached hydrogens (tertiary/aromatic N) is 1. The molecule has 0 bridgehead atoms. The van der Waals surface area contributed by atoms with Gasteiger partial charge in [0.1, 0.15) is 0 Å². The van der Waals surface area contributed by atoms with Crippen LogP contribution in [0.25, 0.3) is 0 Å². The molecule has 3 rings (SSSR count). The Morgan fingerprint density at radius 3 is 3.12 bits per heavy atom. The first-order valence-electron chi connectivity index (χ1n) is 6.52. The predicted octanol–water partition coefficient (Wildman–Crippen LogP) is 1.81. The molecule has 3 nitrogen and oxygen atoms in total. The molecule has 0 amide bonds. The molecule has 0 aromatic heterocycles. The Balaban J connectivity index is 1.76. The zero-order chi connectivity index (χ0) is 11.7. The van der Waals surface area contributed by atoms with E-state index >= 15 is 0 Å². The topological polar surface area (TPSA) is 38.5 Å². The van der Waals surface area contributed by atoms with Gasteiger partial charge in [0, 0.05) is 31.4 Å². The van der Waals surface area contributed by atoms with Crippen molar-refractivity contribution in [3.05, 3.63) is 29.3 Å². The van der Waals surface area contributed by atoms with E-state index < -0.39 is 0 Å². The van der Waals surface area contributed by atoms with Crippen molar-refractivity contribution in [2.24, 2.45) is 0 Å². The summed E-state index contributed by atoms with van der Waals surface area (Å²) >= 11 is 0. The second-order valence-electron chi connectivity index (χ2n) is 5.08. The van der Waals surface area contributed by atoms with Crippen molar-refractivity contribution < 1.29 is 4.74 Å². The maximum atomic E-state index is 6.02. The van der Waals surface area contributed by atoms with Gasteiger partial charge in [0.2, 0.25) is 0 Å². The highest BCUT2D eigenvalue weighted by Gasteiger charge is 2.25. The van der Waals surface area contributed by atoms with Gasteiger partial charge in [-0.05, 0) is 36.5 Å². The molecule has 17 heavy (non-hydrogen) atoms. The molecule has 2 aliphatic rings. The number of fused-ring (bicyclic) bond motifs is 1. The molecule has 0 saturated carbocycles. The fourth-order valence-electron chi connectivity index (χ4n) is 2.98. The highest BCUT2D eigenvalue weighted by Crippen LogP contribution is 2.26. The van der Waals surface area contributed by atoms with Crippen molar-refractivity contribution >= 4 is 5.69 Å². The number of anilines is 1. The Labute approximate surface area is 103 Å². The number of nitrogens with two attached hydrogens (primary N) is 1. The first kappa shape index (κ1) is 11.1. The van der Waals surface area contributed by atoms with E-state index in [2.05, 4.69) is 17.0 Å². The van der Waals surface area contributed by atoms with Gasteiger partial charge in [-0.15, -0.1) is 0 Å². The Kier molecular flexibility index (Phi) is 3.04. The summed E-state index contributed by atoms with van der Waals surface area (Å²) in [5, 5.41) is 0. The number of hydrogen-bond acceptors (Lipinski definition) is 3. The van der Waals surface area contributed by atoms with E-state index in [0.29, 0.717) is 6.04 Å². The van der Waals surface area contributed by atoms with Crippen molar-refractivity contribution in [3.63, 3.8) is 0 Å². The zero-order valence-electron chi connectivity index (χ0n) is 10.2. The molecule has 2 heterocycles. The predicted molar refractivity (Wildman–Crippen MR) is 68.8 cm³/mol. The first-order chi connectivity index (χ1) is 8.34. The largest absolute Gasteiger partial charge is 0.398 e. The van der Waals surface area contributed by atoms with Crippen molar-refractivity contribution in [2.75, 3.05) is 25.5 Å². The standard InChI is InChI=1S/C14H20N2O/c15-14-5-1-3-11-9-16(7-6-13(11)14)12-4-2-8-17-10-12/h1,3,5,12H,2,4,6-10,15H2. The van der Waals surface area contributed by atoms with E-state index in [9.17, 15) is 0 Å². The second kappa shape index (κ2) is 4.67. The Morgan fingerprint density at radius 2 is 2.29 bits per heavy atom. The lowest BCUT2D eigenvalue weighted by Gasteiger charge is -2.37. The lowest BCUT2D eigenvalue weighted by atomic mass is 9.96. The SMILES string of the molecule is Nc1cccc2c1CCN(C1CCCOC1)C2. The number of benzene rings is 1. The second-order valence-corrected chi connectivity index (χ2v) is 5.08. The molecule has 1 atom stereocenters. The van der Waals surface area contributed by atoms with E-state index in [0.717, 1.165) is 38.4 Å². The van der Waals surface area contributed by atoms with Crippen LogP contribution in [0.5, 0.6) is 0 Å². The van der Waals surface area contributed by atoms with Gasteiger partial charge in [-0.1, -0.05) is 12.1 Å². The van der Waals surface area contributed by atoms with E-state index in [4.69, 9.17) is 10.5 Å². The fourth-order valence-corrected chi connectivity index (χ4v) is 2.98. The summed E-state index contributed by atoms with van der Waals surface area (Å²) in [6, 6.07) is 6.90. The van der Waals surface area contributed by atoms with Crippen LogP contribution in [-0.2, 0) is 17.7 Å². The first-order valence-corrected chi connectivity index (χ1v) is 6.52. The number of rotatable bonds is 1. The smallest absolute Gasteiger partial charge is 0.0621 e. The van der Waals surface area contributed by atoms with Gasteiger partial charge in [-0.3, -0.25) is 4.90 Å². The summed E-state index contributed by atoms with van der Waals surface area (Å²) in [7, 11) is 0. The number of nitrogen functional groups attached to an aromatic ring is 1. The Bertz CT molecular complexity index is 399. The summed E-state index contributed by atoms with van der Waals surface area (Å²) in [5.74, 6) is 0. The van der Waals surface area contributed by atoms with Crippen LogP contribution in [0.3, 0.4) is 0 Å². The van der Waals surface area contributed by atoms with Crippen LogP contribution in [0.1, 0.15) is 24.0 Å². The van der Waals surface area contributed by atoms with E-state index in [1.807, 2.05) is 6.07 Å². The molecule has 1 aromatic rings. The van der Waals surface area contributed by atoms with Crippen molar-refractivity contribution in [1.29, 1.82) is 0 Å². The monoisotopic (exact) mass is 232 g/mol. The average Bonchev–Trinajstić information content (AvgIpc) is 2.40. The molecule has 92 valence electrons. The normalized spacial score (nSPS) is 25.5. The van der Waals surface area contributed by atoms with Gasteiger partial charge in [0.25, 0.3) is 0 Å². The number of hydrogen-bond donors (Lipinski definition) is 1. The highest BCUT2D eigenvalue weighted by atomic mass is 16.5. The van der Waals surface area contributed by atoms with Crippen LogP contribution < -0.4 is 5.73 Å². The zero-order valence-corrected chi connectivity index (χ0v) is 10.2. The van der Waals surface area contributed by atoms with E-state index in [-0.39, 0.29) is 0 Å². The average molecular weight is 232 g/mol. The van der Waals surface area contributed by atoms with Gasteiger partial charge < -0.3 is 10.5 Å². The summed E-state index contributed by atoms with van der Waals surface area (Å²) in [6.45, 7) is 4.00. The summed E-state index contributed by atoms with van der Waals surface area (Å²) in [4.78, 5) is 2.56. The third-order valence-electron chi connectivity index (χ3n) is 3.98. The van der Waals surface area contributed by atoms with Crippen LogP contribution in [0.15, 0.2) is 18.2 Å². The van der Waals surface area contributed by atoms with Crippen molar-refractivity contribution in [3.8, 4) is 0 Å². The molecule has 1 saturated heterocycles. The van der Waals surface area contributed by atoms with Crippen molar-refractivity contribution in [1.82, 2.24) is 4.90 Å². The molecule has 1 aromatic carbocycles. The quantitative estimate of drug-likeness (QED) is 0.750. The van der Waals surface area contributed by atoms with Crippen LogP contribution in [0.4, 0.5) is 5.69 Å². The Hall–Kier alpha value is -1.06. The third kappa shape index (κ3) is 2.17. The lowest BCUT2D eigenvalue weighted by molar-refractivity contribution is 0.0126. The Morgan fingerprint density at radius 1 is 1.35 bits per heavy atom. The lowest BCUT2D eigenvalue weighted by Crippen LogP contribution is -2.43. The van der Waals surface area contributed by atoms with Crippen LogP contribution in [0.2, 0.25) is 0 Å². The molecule has 2 N–H and O–H groups in total. The molecule has 1 fully saturated rings. The number of ether oxygens (including phenoxy) is 1. The van der Waals surface area contributed by atoms with Gasteiger partial charge in [-0.2, -0.15) is 0 Å². The summed E-state index contributed by atoms with van der Waals surface area (Å²) in [5.41, 5.74) is 9.75. The molecule has 3 heteroatoms. The van der Waals surface area contributed by atoms with Gasteiger partial charge in [0.15, 0.2) is 0 Å². The summed E-state index contributed by atoms with van der Waals surface area (Å²) < 4.78 is 5.58. The molecule has 0 radical (unpaired) electrons. The van der Waals surface area contributed by atoms with Crippen molar-refractivity contribution in [2.45, 2.75) is 31.8 Å². The van der Waals surface area contributed by atoms with Crippen LogP contribution in [0, 0.1) is 0 Å². The minimum atomic E-state index is 0.610. The fraction of sp³-hybridized carbons (Fsp3) is 0.571. The molecule has 2 aliphatic heterocycles. The third-order valence-corrected chi connectivity index (χ3v) is 3.98. The molecular weight excluding hydrogens is 212 g/mol. The molecule has 0 aliphatic carbocycles. The maximum absolute atomic E-state index is 6.02. The van der Waals surface area contributed by atoms with Gasteiger partial charge in [0.05, 0.1) is 6.61 Å². The van der Waals surface area contributed by atoms with Gasteiger partial charge in [-0.25, -0.2) is 0 Å². The highest BCUT2D eigenvalue weighted by molar-refractivity contribution is 5.51. The molecule has 0 spiro atoms. The van der Waals surface area contributed by atoms with Gasteiger partial charge >= 0.3 is 0 Å². The molecular formula is C14H20N2O. The molecule has 1 unspecified atom stereocenters.